The minimum atomic E-state index is -4.45. The summed E-state index contributed by atoms with van der Waals surface area (Å²) in [6.45, 7) is 2.22. The maximum Gasteiger partial charge on any atom is 0.416 e. The van der Waals surface area contributed by atoms with Gasteiger partial charge >= 0.3 is 6.18 Å². The molecule has 8 heteroatoms. The number of hydrogen-bond acceptors (Lipinski definition) is 4. The van der Waals surface area contributed by atoms with Crippen LogP contribution in [0.4, 0.5) is 18.9 Å². The van der Waals surface area contributed by atoms with E-state index in [0.29, 0.717) is 36.3 Å². The molecule has 1 aliphatic rings. The molecule has 1 amide bonds. The lowest BCUT2D eigenvalue weighted by atomic mass is 9.99. The molecule has 1 aliphatic heterocycles. The quantitative estimate of drug-likeness (QED) is 0.534. The number of aromatic nitrogens is 1. The number of carbonyl (C=O) groups excluding carboxylic acids is 1. The van der Waals surface area contributed by atoms with E-state index in [1.807, 2.05) is 13.0 Å². The first-order chi connectivity index (χ1) is 13.8. The third-order valence-corrected chi connectivity index (χ3v) is 5.52. The number of nitrogens with one attached hydrogen (secondary N) is 1. The summed E-state index contributed by atoms with van der Waals surface area (Å²) in [4.78, 5) is 17.0. The summed E-state index contributed by atoms with van der Waals surface area (Å²) < 4.78 is 45.5. The van der Waals surface area contributed by atoms with Crippen LogP contribution in [-0.2, 0) is 11.0 Å². The highest BCUT2D eigenvalue weighted by Gasteiger charge is 2.32. The minimum Gasteiger partial charge on any atom is -0.493 e. The lowest BCUT2D eigenvalue weighted by Gasteiger charge is -2.13. The normalized spacial score (nSPS) is 15.7. The van der Waals surface area contributed by atoms with Crippen molar-refractivity contribution in [2.24, 2.45) is 0 Å². The topological polar surface area (TPSA) is 51.2 Å². The summed E-state index contributed by atoms with van der Waals surface area (Å²) in [5.41, 5.74) is 1.81. The number of nitrogens with zero attached hydrogens (tertiary/aromatic N) is 1. The molecule has 4 nitrogen and oxygen atoms in total. The van der Waals surface area contributed by atoms with Gasteiger partial charge in [0.15, 0.2) is 0 Å². The van der Waals surface area contributed by atoms with Crippen molar-refractivity contribution in [1.82, 2.24) is 4.98 Å². The molecule has 0 aliphatic carbocycles. The van der Waals surface area contributed by atoms with Gasteiger partial charge in [0, 0.05) is 17.3 Å². The Kier molecular flexibility index (Phi) is 5.04. The summed E-state index contributed by atoms with van der Waals surface area (Å²) in [7, 11) is 0. The molecule has 1 N–H and O–H groups in total. The second-order valence-corrected chi connectivity index (χ2v) is 7.97. The van der Waals surface area contributed by atoms with E-state index in [-0.39, 0.29) is 11.7 Å². The molecule has 29 heavy (non-hydrogen) atoms. The van der Waals surface area contributed by atoms with Gasteiger partial charge in [0.05, 0.1) is 27.4 Å². The predicted octanol–water partition coefficient (Wildman–Crippen LogP) is 5.82. The van der Waals surface area contributed by atoms with Gasteiger partial charge in [0.1, 0.15) is 5.75 Å². The fourth-order valence-electron chi connectivity index (χ4n) is 3.27. The van der Waals surface area contributed by atoms with Crippen LogP contribution in [0, 0.1) is 6.92 Å². The van der Waals surface area contributed by atoms with Gasteiger partial charge in [-0.25, -0.2) is 4.98 Å². The van der Waals surface area contributed by atoms with E-state index >= 15 is 0 Å². The Labute approximate surface area is 169 Å². The Bertz CT molecular complexity index is 1120. The van der Waals surface area contributed by atoms with Crippen LogP contribution in [0.15, 0.2) is 42.5 Å². The smallest absolute Gasteiger partial charge is 0.416 e. The van der Waals surface area contributed by atoms with Crippen LogP contribution in [-0.4, -0.2) is 17.5 Å². The van der Waals surface area contributed by atoms with E-state index in [9.17, 15) is 18.0 Å². The highest BCUT2D eigenvalue weighted by Crippen LogP contribution is 2.38. The fraction of sp³-hybridized carbons (Fsp3) is 0.238. The Morgan fingerprint density at radius 3 is 2.86 bits per heavy atom. The van der Waals surface area contributed by atoms with E-state index in [1.165, 1.54) is 12.1 Å². The molecule has 0 saturated carbocycles. The number of halogens is 3. The molecule has 150 valence electrons. The zero-order valence-electron chi connectivity index (χ0n) is 15.5. The lowest BCUT2D eigenvalue weighted by Crippen LogP contribution is -2.09. The second kappa shape index (κ2) is 7.51. The van der Waals surface area contributed by atoms with Gasteiger partial charge in [0.25, 0.3) is 0 Å². The summed E-state index contributed by atoms with van der Waals surface area (Å²) in [6, 6.07) is 8.87. The standard InChI is InChI=1S/C21H17F3N2O2S/c1-12-25-17-11-15(5-7-19(17)29-12)26-20(27)9-13-3-2-8-28-18-10-14(21(22,23)24)4-6-16(13)18/h4-7,9-11H,2-3,8H2,1H3,(H,26,27). The molecule has 1 aromatic heterocycles. The molecule has 0 fully saturated rings. The summed E-state index contributed by atoms with van der Waals surface area (Å²) in [5.74, 6) is -0.199. The molecule has 3 aromatic rings. The van der Waals surface area contributed by atoms with Crippen LogP contribution in [0.1, 0.15) is 29.0 Å². The highest BCUT2D eigenvalue weighted by atomic mass is 32.1. The fourth-order valence-corrected chi connectivity index (χ4v) is 4.08. The number of carbonyl (C=O) groups is 1. The molecule has 0 atom stereocenters. The second-order valence-electron chi connectivity index (χ2n) is 6.73. The monoisotopic (exact) mass is 418 g/mol. The lowest BCUT2D eigenvalue weighted by molar-refractivity contribution is -0.137. The van der Waals surface area contributed by atoms with Crippen molar-refractivity contribution >= 4 is 38.7 Å². The molecule has 2 aromatic carbocycles. The number of anilines is 1. The van der Waals surface area contributed by atoms with Gasteiger partial charge in [-0.2, -0.15) is 13.2 Å². The number of allylic oxidation sites excluding steroid dienone is 1. The van der Waals surface area contributed by atoms with Crippen molar-refractivity contribution in [3.05, 3.63) is 58.6 Å². The van der Waals surface area contributed by atoms with Crippen molar-refractivity contribution in [3.63, 3.8) is 0 Å². The Hall–Kier alpha value is -2.87. The zero-order valence-corrected chi connectivity index (χ0v) is 16.3. The largest absolute Gasteiger partial charge is 0.493 e. The Morgan fingerprint density at radius 1 is 1.24 bits per heavy atom. The Balaban J connectivity index is 1.60. The van der Waals surface area contributed by atoms with E-state index < -0.39 is 11.7 Å². The summed E-state index contributed by atoms with van der Waals surface area (Å²) >= 11 is 1.58. The summed E-state index contributed by atoms with van der Waals surface area (Å²) in [6.07, 6.45) is -1.87. The van der Waals surface area contributed by atoms with Gasteiger partial charge in [-0.1, -0.05) is 6.07 Å². The number of ether oxygens (including phenoxy) is 1. The molecule has 0 radical (unpaired) electrons. The molecule has 0 unspecified atom stereocenters. The molecule has 4 rings (SSSR count). The van der Waals surface area contributed by atoms with Crippen LogP contribution < -0.4 is 10.1 Å². The van der Waals surface area contributed by atoms with Crippen molar-refractivity contribution in [1.29, 1.82) is 0 Å². The number of amides is 1. The number of rotatable bonds is 2. The average molecular weight is 418 g/mol. The first kappa shape index (κ1) is 19.4. The zero-order chi connectivity index (χ0) is 20.6. The van der Waals surface area contributed by atoms with Crippen LogP contribution in [0.5, 0.6) is 5.75 Å². The SMILES string of the molecule is Cc1nc2cc(NC(=O)C=C3CCCOc4cc(C(F)(F)F)ccc43)ccc2s1. The maximum atomic E-state index is 13.0. The minimum absolute atomic E-state index is 0.149. The maximum absolute atomic E-state index is 13.0. The van der Waals surface area contributed by atoms with E-state index in [2.05, 4.69) is 10.3 Å². The number of thiazole rings is 1. The van der Waals surface area contributed by atoms with E-state index in [1.54, 1.807) is 23.5 Å². The number of aryl methyl sites for hydroxylation is 1. The molecular formula is C21H17F3N2O2S. The number of benzene rings is 2. The summed E-state index contributed by atoms with van der Waals surface area (Å²) in [5, 5.41) is 3.75. The molecule has 0 bridgehead atoms. The number of alkyl halides is 3. The van der Waals surface area contributed by atoms with Crippen LogP contribution in [0.25, 0.3) is 15.8 Å². The molecule has 0 spiro atoms. The van der Waals surface area contributed by atoms with Gasteiger partial charge in [-0.05, 0) is 55.7 Å². The van der Waals surface area contributed by atoms with Crippen LogP contribution >= 0.6 is 11.3 Å². The van der Waals surface area contributed by atoms with Crippen LogP contribution in [0.3, 0.4) is 0 Å². The molecular weight excluding hydrogens is 401 g/mol. The number of hydrogen-bond donors (Lipinski definition) is 1. The third kappa shape index (κ3) is 4.27. The van der Waals surface area contributed by atoms with Crippen molar-refractivity contribution in [3.8, 4) is 5.75 Å². The van der Waals surface area contributed by atoms with E-state index in [4.69, 9.17) is 4.74 Å². The first-order valence-corrected chi connectivity index (χ1v) is 9.84. The third-order valence-electron chi connectivity index (χ3n) is 4.57. The first-order valence-electron chi connectivity index (χ1n) is 9.03. The van der Waals surface area contributed by atoms with Gasteiger partial charge in [-0.3, -0.25) is 4.79 Å². The molecule has 2 heterocycles. The van der Waals surface area contributed by atoms with Gasteiger partial charge < -0.3 is 10.1 Å². The van der Waals surface area contributed by atoms with Gasteiger partial charge in [0.2, 0.25) is 5.91 Å². The molecule has 0 saturated heterocycles. The Morgan fingerprint density at radius 2 is 2.07 bits per heavy atom. The van der Waals surface area contributed by atoms with Crippen molar-refractivity contribution < 1.29 is 22.7 Å². The average Bonchev–Trinajstić information content (AvgIpc) is 2.90. The van der Waals surface area contributed by atoms with Crippen molar-refractivity contribution in [2.45, 2.75) is 25.9 Å². The van der Waals surface area contributed by atoms with Crippen LogP contribution in [0.2, 0.25) is 0 Å². The highest BCUT2D eigenvalue weighted by molar-refractivity contribution is 7.18. The van der Waals surface area contributed by atoms with Crippen molar-refractivity contribution in [2.75, 3.05) is 11.9 Å². The predicted molar refractivity (Wildman–Crippen MR) is 107 cm³/mol. The van der Waals surface area contributed by atoms with Gasteiger partial charge in [-0.15, -0.1) is 11.3 Å². The van der Waals surface area contributed by atoms with E-state index in [0.717, 1.165) is 27.4 Å². The number of fused-ring (bicyclic) bond motifs is 2.